The molecule has 0 aliphatic heterocycles. The predicted molar refractivity (Wildman–Crippen MR) is 143 cm³/mol. The second kappa shape index (κ2) is 11.6. The SMILES string of the molecule is COC(=O)c1ccc(COCC(C2CCCCC2)n2c(-c3ccc(Cl)cc3)nc3cc(F)c(F)cc32)cc1. The summed E-state index contributed by atoms with van der Waals surface area (Å²) in [5, 5.41) is 0.596. The molecule has 0 bridgehead atoms. The Morgan fingerprint density at radius 1 is 1.03 bits per heavy atom. The molecule has 1 saturated carbocycles. The van der Waals surface area contributed by atoms with Crippen molar-refractivity contribution in [1.82, 2.24) is 9.55 Å². The molecule has 0 saturated heterocycles. The van der Waals surface area contributed by atoms with Crippen molar-refractivity contribution in [2.45, 2.75) is 44.8 Å². The Morgan fingerprint density at radius 3 is 2.39 bits per heavy atom. The minimum absolute atomic E-state index is 0.134. The highest BCUT2D eigenvalue weighted by Crippen LogP contribution is 2.39. The molecule has 1 unspecified atom stereocenters. The van der Waals surface area contributed by atoms with E-state index in [1.165, 1.54) is 19.6 Å². The van der Waals surface area contributed by atoms with Crippen LogP contribution in [-0.4, -0.2) is 29.2 Å². The Bertz CT molecular complexity index is 1410. The van der Waals surface area contributed by atoms with E-state index in [2.05, 4.69) is 0 Å². The van der Waals surface area contributed by atoms with Crippen molar-refractivity contribution in [3.63, 3.8) is 0 Å². The van der Waals surface area contributed by atoms with E-state index in [-0.39, 0.29) is 12.0 Å². The van der Waals surface area contributed by atoms with E-state index in [1.54, 1.807) is 24.3 Å². The summed E-state index contributed by atoms with van der Waals surface area (Å²) in [6.45, 7) is 0.713. The van der Waals surface area contributed by atoms with Crippen LogP contribution in [0.4, 0.5) is 8.78 Å². The average Bonchev–Trinajstić information content (AvgIpc) is 3.29. The van der Waals surface area contributed by atoms with Crippen LogP contribution in [0.1, 0.15) is 54.1 Å². The van der Waals surface area contributed by atoms with Gasteiger partial charge in [-0.05, 0) is 60.7 Å². The van der Waals surface area contributed by atoms with Crippen LogP contribution in [0.25, 0.3) is 22.4 Å². The summed E-state index contributed by atoms with van der Waals surface area (Å²) < 4.78 is 41.7. The van der Waals surface area contributed by atoms with Crippen LogP contribution in [0, 0.1) is 17.6 Å². The van der Waals surface area contributed by atoms with Gasteiger partial charge in [0.15, 0.2) is 11.6 Å². The van der Waals surface area contributed by atoms with E-state index in [9.17, 15) is 13.6 Å². The molecule has 0 spiro atoms. The summed E-state index contributed by atoms with van der Waals surface area (Å²) in [6.07, 6.45) is 5.45. The molecular formula is C30H29ClF2N2O3. The summed E-state index contributed by atoms with van der Waals surface area (Å²) in [7, 11) is 1.35. The van der Waals surface area contributed by atoms with Gasteiger partial charge in [-0.25, -0.2) is 18.6 Å². The topological polar surface area (TPSA) is 53.4 Å². The highest BCUT2D eigenvalue weighted by Gasteiger charge is 2.30. The van der Waals surface area contributed by atoms with Gasteiger partial charge < -0.3 is 14.0 Å². The zero-order chi connectivity index (χ0) is 26.6. The lowest BCUT2D eigenvalue weighted by atomic mass is 9.83. The number of carbonyl (C=O) groups is 1. The van der Waals surface area contributed by atoms with Gasteiger partial charge in [0.2, 0.25) is 0 Å². The van der Waals surface area contributed by atoms with Crippen LogP contribution in [0.3, 0.4) is 0 Å². The zero-order valence-corrected chi connectivity index (χ0v) is 21.9. The van der Waals surface area contributed by atoms with Crippen molar-refractivity contribution in [1.29, 1.82) is 0 Å². The first kappa shape index (κ1) is 26.3. The molecule has 4 aromatic rings. The number of fused-ring (bicyclic) bond motifs is 1. The van der Waals surface area contributed by atoms with Crippen molar-refractivity contribution < 1.29 is 23.0 Å². The number of nitrogens with zero attached hydrogens (tertiary/aromatic N) is 2. The fourth-order valence-electron chi connectivity index (χ4n) is 5.32. The first-order valence-corrected chi connectivity index (χ1v) is 13.2. The third kappa shape index (κ3) is 5.59. The van der Waals surface area contributed by atoms with Gasteiger partial charge >= 0.3 is 5.97 Å². The number of esters is 1. The van der Waals surface area contributed by atoms with Crippen molar-refractivity contribution in [3.8, 4) is 11.4 Å². The molecule has 0 N–H and O–H groups in total. The van der Waals surface area contributed by atoms with Crippen LogP contribution in [0.15, 0.2) is 60.7 Å². The summed E-state index contributed by atoms with van der Waals surface area (Å²) >= 11 is 6.13. The lowest BCUT2D eigenvalue weighted by Gasteiger charge is -2.32. The number of hydrogen-bond acceptors (Lipinski definition) is 4. The summed E-state index contributed by atoms with van der Waals surface area (Å²) in [5.41, 5.74) is 3.14. The van der Waals surface area contributed by atoms with Crippen molar-refractivity contribution in [2.24, 2.45) is 5.92 Å². The summed E-state index contributed by atoms with van der Waals surface area (Å²) in [5.74, 6) is -1.30. The second-order valence-corrected chi connectivity index (χ2v) is 10.2. The minimum Gasteiger partial charge on any atom is -0.465 e. The normalized spacial score (nSPS) is 15.1. The Balaban J connectivity index is 1.50. The highest BCUT2D eigenvalue weighted by atomic mass is 35.5. The van der Waals surface area contributed by atoms with Gasteiger partial charge in [0, 0.05) is 22.7 Å². The Morgan fingerprint density at radius 2 is 1.71 bits per heavy atom. The van der Waals surface area contributed by atoms with Crippen LogP contribution in [0.5, 0.6) is 0 Å². The van der Waals surface area contributed by atoms with Gasteiger partial charge in [0.25, 0.3) is 0 Å². The van der Waals surface area contributed by atoms with Gasteiger partial charge in [-0.2, -0.15) is 0 Å². The molecule has 1 heterocycles. The highest BCUT2D eigenvalue weighted by molar-refractivity contribution is 6.30. The van der Waals surface area contributed by atoms with Crippen molar-refractivity contribution in [2.75, 3.05) is 13.7 Å². The van der Waals surface area contributed by atoms with E-state index >= 15 is 0 Å². The zero-order valence-electron chi connectivity index (χ0n) is 21.1. The summed E-state index contributed by atoms with van der Waals surface area (Å²) in [4.78, 5) is 16.5. The van der Waals surface area contributed by atoms with E-state index in [1.807, 2.05) is 28.8 Å². The molecular weight excluding hydrogens is 510 g/mol. The number of ether oxygens (including phenoxy) is 2. The third-order valence-corrected chi connectivity index (χ3v) is 7.54. The fraction of sp³-hybridized carbons (Fsp3) is 0.333. The standard InChI is InChI=1S/C30H29ClF2N2O3/c1-37-30(36)22-9-7-19(8-10-22)17-38-18-28(20-5-3-2-4-6-20)35-27-16-25(33)24(32)15-26(27)34-29(35)21-11-13-23(31)14-12-21/h7-16,20,28H,2-6,17-18H2,1H3. The van der Waals surface area contributed by atoms with Crippen LogP contribution in [-0.2, 0) is 16.1 Å². The summed E-state index contributed by atoms with van der Waals surface area (Å²) in [6, 6.07) is 16.7. The van der Waals surface area contributed by atoms with E-state index in [0.717, 1.165) is 42.9 Å². The quantitative estimate of drug-likeness (QED) is 0.215. The molecule has 0 radical (unpaired) electrons. The first-order valence-electron chi connectivity index (χ1n) is 12.8. The minimum atomic E-state index is -0.925. The van der Waals surface area contributed by atoms with Crippen molar-refractivity contribution in [3.05, 3.63) is 88.4 Å². The van der Waals surface area contributed by atoms with Crippen molar-refractivity contribution >= 4 is 28.6 Å². The van der Waals surface area contributed by atoms with E-state index < -0.39 is 11.6 Å². The largest absolute Gasteiger partial charge is 0.465 e. The van der Waals surface area contributed by atoms with E-state index in [0.29, 0.717) is 46.6 Å². The van der Waals surface area contributed by atoms with Crippen LogP contribution < -0.4 is 0 Å². The second-order valence-electron chi connectivity index (χ2n) is 9.74. The number of hydrogen-bond donors (Lipinski definition) is 0. The number of halogens is 3. The Hall–Kier alpha value is -3.29. The molecule has 1 atom stereocenters. The molecule has 5 nitrogen and oxygen atoms in total. The van der Waals surface area contributed by atoms with Gasteiger partial charge in [-0.15, -0.1) is 0 Å². The first-order chi connectivity index (χ1) is 18.4. The number of imidazole rings is 1. The van der Waals surface area contributed by atoms with E-state index in [4.69, 9.17) is 26.1 Å². The molecule has 3 aromatic carbocycles. The van der Waals surface area contributed by atoms with Gasteiger partial charge in [-0.3, -0.25) is 0 Å². The smallest absolute Gasteiger partial charge is 0.337 e. The molecule has 0 amide bonds. The maximum Gasteiger partial charge on any atom is 0.337 e. The number of carbonyl (C=O) groups excluding carboxylic acids is 1. The predicted octanol–water partition coefficient (Wildman–Crippen LogP) is 7.76. The molecule has 5 rings (SSSR count). The molecule has 38 heavy (non-hydrogen) atoms. The number of aromatic nitrogens is 2. The average molecular weight is 539 g/mol. The maximum absolute atomic E-state index is 14.5. The molecule has 8 heteroatoms. The Labute approximate surface area is 225 Å². The lowest BCUT2D eigenvalue weighted by Crippen LogP contribution is -2.27. The monoisotopic (exact) mass is 538 g/mol. The maximum atomic E-state index is 14.5. The third-order valence-electron chi connectivity index (χ3n) is 7.29. The number of benzene rings is 3. The van der Waals surface area contributed by atoms with Crippen LogP contribution >= 0.6 is 11.6 Å². The van der Waals surface area contributed by atoms with Crippen LogP contribution in [0.2, 0.25) is 5.02 Å². The van der Waals surface area contributed by atoms with Gasteiger partial charge in [-0.1, -0.05) is 43.0 Å². The number of methoxy groups -OCH3 is 1. The number of rotatable bonds is 8. The molecule has 198 valence electrons. The molecule has 1 aliphatic carbocycles. The van der Waals surface area contributed by atoms with Gasteiger partial charge in [0.1, 0.15) is 5.82 Å². The lowest BCUT2D eigenvalue weighted by molar-refractivity contribution is 0.0598. The van der Waals surface area contributed by atoms with Gasteiger partial charge in [0.05, 0.1) is 43.0 Å². The molecule has 1 aromatic heterocycles. The molecule has 1 aliphatic rings. The molecule has 1 fully saturated rings. The Kier molecular flexibility index (Phi) is 8.05. The fourth-order valence-corrected chi connectivity index (χ4v) is 5.45.